The van der Waals surface area contributed by atoms with Crippen LogP contribution in [0.3, 0.4) is 0 Å². The van der Waals surface area contributed by atoms with Crippen molar-refractivity contribution in [2.75, 3.05) is 31.1 Å². The van der Waals surface area contributed by atoms with E-state index in [-0.39, 0.29) is 11.7 Å². The Kier molecular flexibility index (Phi) is 4.35. The number of anilines is 1. The van der Waals surface area contributed by atoms with Crippen molar-refractivity contribution in [2.45, 2.75) is 0 Å². The number of para-hydroxylation sites is 1. The van der Waals surface area contributed by atoms with Gasteiger partial charge in [0.1, 0.15) is 18.5 Å². The third-order valence-corrected chi connectivity index (χ3v) is 4.56. The van der Waals surface area contributed by atoms with Gasteiger partial charge in [0, 0.05) is 31.7 Å². The topological polar surface area (TPSA) is 54.3 Å². The van der Waals surface area contributed by atoms with Gasteiger partial charge in [-0.2, -0.15) is 5.10 Å². The van der Waals surface area contributed by atoms with E-state index in [0.717, 1.165) is 5.69 Å². The average molecular weight is 351 g/mol. The van der Waals surface area contributed by atoms with E-state index in [1.54, 1.807) is 35.3 Å². The van der Waals surface area contributed by atoms with E-state index in [1.807, 2.05) is 28.0 Å². The number of carbonyl (C=O) groups excluding carboxylic acids is 1. The van der Waals surface area contributed by atoms with Gasteiger partial charge in [0.2, 0.25) is 0 Å². The number of nitrogens with zero attached hydrogens (tertiary/aromatic N) is 5. The molecule has 0 radical (unpaired) electrons. The van der Waals surface area contributed by atoms with Crippen molar-refractivity contribution in [3.8, 4) is 5.69 Å². The molecule has 1 aliphatic rings. The Balaban J connectivity index is 1.41. The molecule has 1 amide bonds. The van der Waals surface area contributed by atoms with Gasteiger partial charge in [0.05, 0.1) is 11.4 Å². The minimum Gasteiger partial charge on any atom is -0.366 e. The first kappa shape index (κ1) is 16.3. The lowest BCUT2D eigenvalue weighted by molar-refractivity contribution is 0.0746. The summed E-state index contributed by atoms with van der Waals surface area (Å²) in [5, 5.41) is 4.07. The number of amides is 1. The third kappa shape index (κ3) is 3.15. The molecule has 2 heterocycles. The summed E-state index contributed by atoms with van der Waals surface area (Å²) >= 11 is 0. The second-order valence-electron chi connectivity index (χ2n) is 6.12. The maximum atomic E-state index is 13.9. The van der Waals surface area contributed by atoms with Crippen LogP contribution in [0.2, 0.25) is 0 Å². The predicted molar refractivity (Wildman–Crippen MR) is 95.9 cm³/mol. The van der Waals surface area contributed by atoms with Crippen molar-refractivity contribution in [3.05, 3.63) is 72.6 Å². The van der Waals surface area contributed by atoms with Gasteiger partial charge in [-0.1, -0.05) is 12.1 Å². The normalized spacial score (nSPS) is 14.5. The summed E-state index contributed by atoms with van der Waals surface area (Å²) in [5.41, 5.74) is 2.08. The summed E-state index contributed by atoms with van der Waals surface area (Å²) in [6.07, 6.45) is 3.08. The fourth-order valence-electron chi connectivity index (χ4n) is 3.14. The third-order valence-electron chi connectivity index (χ3n) is 4.56. The van der Waals surface area contributed by atoms with Gasteiger partial charge in [-0.15, -0.1) is 0 Å². The Labute approximate surface area is 150 Å². The standard InChI is InChI=1S/C19H18FN5O/c20-17-3-1-2-4-18(17)23-9-11-24(12-10-23)19(26)15-5-7-16(8-6-15)25-14-21-13-22-25/h1-8,13-14H,9-12H2. The lowest BCUT2D eigenvalue weighted by Crippen LogP contribution is -2.49. The second kappa shape index (κ2) is 6.95. The highest BCUT2D eigenvalue weighted by Gasteiger charge is 2.23. The van der Waals surface area contributed by atoms with Crippen LogP contribution in [0.4, 0.5) is 10.1 Å². The molecule has 3 aromatic rings. The Hall–Kier alpha value is -3.22. The lowest BCUT2D eigenvalue weighted by Gasteiger charge is -2.36. The molecule has 0 aliphatic carbocycles. The van der Waals surface area contributed by atoms with Crippen LogP contribution in [0.25, 0.3) is 5.69 Å². The van der Waals surface area contributed by atoms with Gasteiger partial charge in [0.25, 0.3) is 5.91 Å². The minimum atomic E-state index is -0.226. The molecule has 0 unspecified atom stereocenters. The second-order valence-corrected chi connectivity index (χ2v) is 6.12. The summed E-state index contributed by atoms with van der Waals surface area (Å²) in [5.74, 6) is -0.237. The van der Waals surface area contributed by atoms with Gasteiger partial charge < -0.3 is 9.80 Å². The zero-order valence-corrected chi connectivity index (χ0v) is 14.1. The molecule has 0 spiro atoms. The Morgan fingerprint density at radius 2 is 1.69 bits per heavy atom. The first-order chi connectivity index (χ1) is 12.7. The Morgan fingerprint density at radius 1 is 0.962 bits per heavy atom. The first-order valence-electron chi connectivity index (χ1n) is 8.46. The molecule has 7 heteroatoms. The van der Waals surface area contributed by atoms with Crippen molar-refractivity contribution in [1.82, 2.24) is 19.7 Å². The van der Waals surface area contributed by atoms with Crippen molar-refractivity contribution in [2.24, 2.45) is 0 Å². The largest absolute Gasteiger partial charge is 0.366 e. The number of halogens is 1. The molecule has 0 saturated carbocycles. The van der Waals surface area contributed by atoms with Crippen molar-refractivity contribution < 1.29 is 9.18 Å². The van der Waals surface area contributed by atoms with E-state index in [2.05, 4.69) is 10.1 Å². The molecule has 1 aromatic heterocycles. The monoisotopic (exact) mass is 351 g/mol. The Morgan fingerprint density at radius 3 is 2.35 bits per heavy atom. The van der Waals surface area contributed by atoms with Crippen LogP contribution in [0.15, 0.2) is 61.2 Å². The number of carbonyl (C=O) groups is 1. The number of hydrogen-bond donors (Lipinski definition) is 0. The Bertz CT molecular complexity index is 887. The van der Waals surface area contributed by atoms with Crippen LogP contribution in [-0.2, 0) is 0 Å². The predicted octanol–water partition coefficient (Wildman–Crippen LogP) is 2.37. The number of benzene rings is 2. The van der Waals surface area contributed by atoms with Crippen LogP contribution < -0.4 is 4.90 Å². The fraction of sp³-hybridized carbons (Fsp3) is 0.211. The summed E-state index contributed by atoms with van der Waals surface area (Å²) in [7, 11) is 0. The zero-order valence-electron chi connectivity index (χ0n) is 14.1. The molecule has 1 aliphatic heterocycles. The molecule has 0 atom stereocenters. The van der Waals surface area contributed by atoms with E-state index in [4.69, 9.17) is 0 Å². The van der Waals surface area contributed by atoms with Crippen molar-refractivity contribution in [3.63, 3.8) is 0 Å². The number of piperazine rings is 1. The van der Waals surface area contributed by atoms with Crippen LogP contribution >= 0.6 is 0 Å². The highest BCUT2D eigenvalue weighted by atomic mass is 19.1. The molecule has 26 heavy (non-hydrogen) atoms. The molecular formula is C19H18FN5O. The van der Waals surface area contributed by atoms with Crippen molar-refractivity contribution >= 4 is 11.6 Å². The summed E-state index contributed by atoms with van der Waals surface area (Å²) in [6.45, 7) is 2.36. The van der Waals surface area contributed by atoms with E-state index < -0.39 is 0 Å². The molecule has 0 bridgehead atoms. The van der Waals surface area contributed by atoms with Crippen molar-refractivity contribution in [1.29, 1.82) is 0 Å². The van der Waals surface area contributed by atoms with Crippen LogP contribution in [-0.4, -0.2) is 51.8 Å². The van der Waals surface area contributed by atoms with Gasteiger partial charge in [0.15, 0.2) is 0 Å². The van der Waals surface area contributed by atoms with Crippen LogP contribution in [0.5, 0.6) is 0 Å². The van der Waals surface area contributed by atoms with E-state index >= 15 is 0 Å². The molecule has 132 valence electrons. The number of rotatable bonds is 3. The van der Waals surface area contributed by atoms with Gasteiger partial charge in [-0.05, 0) is 36.4 Å². The minimum absolute atomic E-state index is 0.0108. The number of aromatic nitrogens is 3. The molecular weight excluding hydrogens is 333 g/mol. The smallest absolute Gasteiger partial charge is 0.253 e. The van der Waals surface area contributed by atoms with Crippen LogP contribution in [0, 0.1) is 5.82 Å². The lowest BCUT2D eigenvalue weighted by atomic mass is 10.1. The number of hydrogen-bond acceptors (Lipinski definition) is 4. The van der Waals surface area contributed by atoms with E-state index in [9.17, 15) is 9.18 Å². The van der Waals surface area contributed by atoms with E-state index in [0.29, 0.717) is 37.4 Å². The molecule has 1 saturated heterocycles. The average Bonchev–Trinajstić information content (AvgIpc) is 3.23. The van der Waals surface area contributed by atoms with Crippen LogP contribution in [0.1, 0.15) is 10.4 Å². The quantitative estimate of drug-likeness (QED) is 0.727. The molecule has 0 N–H and O–H groups in total. The maximum absolute atomic E-state index is 13.9. The molecule has 1 fully saturated rings. The summed E-state index contributed by atoms with van der Waals surface area (Å²) in [6, 6.07) is 14.0. The highest BCUT2D eigenvalue weighted by molar-refractivity contribution is 5.94. The summed E-state index contributed by atoms with van der Waals surface area (Å²) < 4.78 is 15.6. The van der Waals surface area contributed by atoms with Gasteiger partial charge >= 0.3 is 0 Å². The van der Waals surface area contributed by atoms with Gasteiger partial charge in [-0.25, -0.2) is 14.1 Å². The zero-order chi connectivity index (χ0) is 17.9. The highest BCUT2D eigenvalue weighted by Crippen LogP contribution is 2.21. The molecule has 4 rings (SSSR count). The molecule has 6 nitrogen and oxygen atoms in total. The van der Waals surface area contributed by atoms with Gasteiger partial charge in [-0.3, -0.25) is 4.79 Å². The van der Waals surface area contributed by atoms with E-state index in [1.165, 1.54) is 12.4 Å². The maximum Gasteiger partial charge on any atom is 0.253 e. The molecule has 2 aromatic carbocycles. The fourth-order valence-corrected chi connectivity index (χ4v) is 3.14. The summed E-state index contributed by atoms with van der Waals surface area (Å²) in [4.78, 5) is 20.4. The first-order valence-corrected chi connectivity index (χ1v) is 8.46. The SMILES string of the molecule is O=C(c1ccc(-n2cncn2)cc1)N1CCN(c2ccccc2F)CC1.